The van der Waals surface area contributed by atoms with E-state index < -0.39 is 15.4 Å². The lowest BCUT2D eigenvalue weighted by atomic mass is 9.55. The van der Waals surface area contributed by atoms with E-state index in [1.165, 1.54) is 0 Å². The summed E-state index contributed by atoms with van der Waals surface area (Å²) in [7, 11) is -3.55. The lowest BCUT2D eigenvalue weighted by molar-refractivity contribution is -0.0172. The van der Waals surface area contributed by atoms with Crippen LogP contribution in [-0.2, 0) is 16.6 Å². The van der Waals surface area contributed by atoms with Crippen molar-refractivity contribution in [2.24, 2.45) is 27.3 Å². The van der Waals surface area contributed by atoms with Gasteiger partial charge in [0.25, 0.3) is 0 Å². The minimum absolute atomic E-state index is 0.0300. The van der Waals surface area contributed by atoms with Gasteiger partial charge in [0.2, 0.25) is 10.0 Å². The standard InChI is InChI=1S/C22H38N4O2S/c1-14-11-18-15(2)24-17(4)25-19(18)26(14)12-21(7,8)22(9,10)16(3)20(5,6)13-29(23,27)28/h11,16H,12-13H2,1-10H3,(H2,23,27,28). The van der Waals surface area contributed by atoms with Crippen LogP contribution >= 0.6 is 0 Å². The van der Waals surface area contributed by atoms with E-state index in [0.717, 1.165) is 34.8 Å². The van der Waals surface area contributed by atoms with Crippen LogP contribution in [0, 0.1) is 42.9 Å². The Labute approximate surface area is 176 Å². The molecule has 0 spiro atoms. The lowest BCUT2D eigenvalue weighted by Gasteiger charge is -2.51. The molecule has 0 aromatic carbocycles. The zero-order valence-electron chi connectivity index (χ0n) is 19.7. The summed E-state index contributed by atoms with van der Waals surface area (Å²) in [5, 5.41) is 6.47. The summed E-state index contributed by atoms with van der Waals surface area (Å²) >= 11 is 0. The van der Waals surface area contributed by atoms with Crippen molar-refractivity contribution in [2.45, 2.75) is 75.8 Å². The number of hydrogen-bond donors (Lipinski definition) is 1. The van der Waals surface area contributed by atoms with Gasteiger partial charge in [-0.05, 0) is 49.0 Å². The van der Waals surface area contributed by atoms with Crippen LogP contribution in [-0.4, -0.2) is 28.7 Å². The maximum Gasteiger partial charge on any atom is 0.209 e. The van der Waals surface area contributed by atoms with Crippen LogP contribution in [0.15, 0.2) is 6.07 Å². The average Bonchev–Trinajstić information content (AvgIpc) is 2.80. The number of rotatable bonds is 7. The molecule has 7 heteroatoms. The molecule has 0 aliphatic rings. The third kappa shape index (κ3) is 4.66. The van der Waals surface area contributed by atoms with Crippen LogP contribution in [0.1, 0.15) is 65.7 Å². The van der Waals surface area contributed by atoms with Crippen LogP contribution in [0.3, 0.4) is 0 Å². The van der Waals surface area contributed by atoms with E-state index in [0.29, 0.717) is 0 Å². The Morgan fingerprint density at radius 3 is 2.14 bits per heavy atom. The molecule has 0 amide bonds. The van der Waals surface area contributed by atoms with Gasteiger partial charge in [-0.3, -0.25) is 0 Å². The molecule has 6 nitrogen and oxygen atoms in total. The number of hydrogen-bond acceptors (Lipinski definition) is 4. The third-order valence-corrected chi connectivity index (χ3v) is 8.53. The number of sulfonamides is 1. The Kier molecular flexibility index (Phi) is 6.03. The molecular weight excluding hydrogens is 384 g/mol. The molecule has 2 aromatic rings. The molecule has 1 atom stereocenters. The lowest BCUT2D eigenvalue weighted by Crippen LogP contribution is -2.48. The molecule has 0 aliphatic heterocycles. The van der Waals surface area contributed by atoms with Gasteiger partial charge in [0.05, 0.1) is 11.4 Å². The van der Waals surface area contributed by atoms with Gasteiger partial charge < -0.3 is 4.57 Å². The molecule has 0 aliphatic carbocycles. The Morgan fingerprint density at radius 2 is 1.62 bits per heavy atom. The van der Waals surface area contributed by atoms with Gasteiger partial charge in [-0.2, -0.15) is 0 Å². The smallest absolute Gasteiger partial charge is 0.209 e. The van der Waals surface area contributed by atoms with E-state index in [2.05, 4.69) is 57.2 Å². The first-order valence-corrected chi connectivity index (χ1v) is 11.9. The maximum atomic E-state index is 11.8. The van der Waals surface area contributed by atoms with Crippen molar-refractivity contribution in [3.05, 3.63) is 23.3 Å². The average molecular weight is 423 g/mol. The molecule has 0 saturated carbocycles. The summed E-state index contributed by atoms with van der Waals surface area (Å²) < 4.78 is 25.9. The Balaban J connectivity index is 2.47. The molecule has 0 fully saturated rings. The maximum absolute atomic E-state index is 11.8. The van der Waals surface area contributed by atoms with Gasteiger partial charge in [0.1, 0.15) is 11.5 Å². The predicted molar refractivity (Wildman–Crippen MR) is 120 cm³/mol. The molecule has 2 aromatic heterocycles. The van der Waals surface area contributed by atoms with Crippen molar-refractivity contribution in [2.75, 3.05) is 5.75 Å². The van der Waals surface area contributed by atoms with Gasteiger partial charge in [-0.25, -0.2) is 23.5 Å². The number of primary sulfonamides is 1. The van der Waals surface area contributed by atoms with E-state index in [-0.39, 0.29) is 22.5 Å². The highest BCUT2D eigenvalue weighted by atomic mass is 32.2. The normalized spacial score (nSPS) is 15.1. The van der Waals surface area contributed by atoms with Crippen molar-refractivity contribution in [1.82, 2.24) is 14.5 Å². The predicted octanol–water partition coefficient (Wildman–Crippen LogP) is 4.36. The van der Waals surface area contributed by atoms with Crippen molar-refractivity contribution in [3.63, 3.8) is 0 Å². The molecular formula is C22H38N4O2S. The minimum Gasteiger partial charge on any atom is -0.329 e. The number of nitrogens with zero attached hydrogens (tertiary/aromatic N) is 3. The second kappa shape index (κ2) is 7.34. The van der Waals surface area contributed by atoms with E-state index in [4.69, 9.17) is 10.1 Å². The topological polar surface area (TPSA) is 90.9 Å². The fraction of sp³-hybridized carbons (Fsp3) is 0.727. The Bertz CT molecular complexity index is 1020. The Morgan fingerprint density at radius 1 is 1.07 bits per heavy atom. The number of aryl methyl sites for hydroxylation is 3. The van der Waals surface area contributed by atoms with Crippen molar-refractivity contribution >= 4 is 21.1 Å². The first-order valence-electron chi connectivity index (χ1n) is 10.2. The molecule has 1 unspecified atom stereocenters. The minimum atomic E-state index is -3.55. The first-order chi connectivity index (χ1) is 12.9. The van der Waals surface area contributed by atoms with Gasteiger partial charge in [0.15, 0.2) is 0 Å². The highest BCUT2D eigenvalue weighted by molar-refractivity contribution is 7.89. The zero-order valence-corrected chi connectivity index (χ0v) is 20.5. The number of aromatic nitrogens is 3. The van der Waals surface area contributed by atoms with Crippen LogP contribution in [0.25, 0.3) is 11.0 Å². The van der Waals surface area contributed by atoms with Crippen molar-refractivity contribution in [1.29, 1.82) is 0 Å². The molecule has 2 N–H and O–H groups in total. The monoisotopic (exact) mass is 422 g/mol. The summed E-state index contributed by atoms with van der Waals surface area (Å²) in [6.45, 7) is 21.9. The highest BCUT2D eigenvalue weighted by Gasteiger charge is 2.48. The first kappa shape index (κ1) is 23.8. The zero-order chi connectivity index (χ0) is 22.6. The molecule has 0 saturated heterocycles. The number of nitrogens with two attached hydrogens (primary N) is 1. The summed E-state index contributed by atoms with van der Waals surface area (Å²) in [6, 6.07) is 2.15. The van der Waals surface area contributed by atoms with E-state index >= 15 is 0 Å². The molecule has 2 rings (SSSR count). The largest absolute Gasteiger partial charge is 0.329 e. The molecule has 0 radical (unpaired) electrons. The second-order valence-electron chi connectivity index (χ2n) is 10.6. The van der Waals surface area contributed by atoms with Gasteiger partial charge >= 0.3 is 0 Å². The summed E-state index contributed by atoms with van der Waals surface area (Å²) in [4.78, 5) is 9.22. The Hall–Kier alpha value is -1.47. The van der Waals surface area contributed by atoms with Crippen LogP contribution in [0.4, 0.5) is 0 Å². The van der Waals surface area contributed by atoms with Crippen LogP contribution < -0.4 is 5.14 Å². The van der Waals surface area contributed by atoms with Crippen LogP contribution in [0.5, 0.6) is 0 Å². The fourth-order valence-electron chi connectivity index (χ4n) is 4.54. The van der Waals surface area contributed by atoms with E-state index in [9.17, 15) is 8.42 Å². The van der Waals surface area contributed by atoms with Crippen molar-refractivity contribution in [3.8, 4) is 0 Å². The molecule has 29 heavy (non-hydrogen) atoms. The van der Waals surface area contributed by atoms with E-state index in [1.54, 1.807) is 0 Å². The van der Waals surface area contributed by atoms with Gasteiger partial charge in [-0.15, -0.1) is 0 Å². The quantitative estimate of drug-likeness (QED) is 0.718. The fourth-order valence-corrected chi connectivity index (χ4v) is 5.82. The molecule has 164 valence electrons. The number of fused-ring (bicyclic) bond motifs is 1. The summed E-state index contributed by atoms with van der Waals surface area (Å²) in [5.74, 6) is 0.857. The molecule has 0 bridgehead atoms. The van der Waals surface area contributed by atoms with Crippen molar-refractivity contribution < 1.29 is 8.42 Å². The van der Waals surface area contributed by atoms with Crippen LogP contribution in [0.2, 0.25) is 0 Å². The summed E-state index contributed by atoms with van der Waals surface area (Å²) in [5.41, 5.74) is 2.37. The third-order valence-electron chi connectivity index (χ3n) is 7.39. The molecule has 2 heterocycles. The summed E-state index contributed by atoms with van der Waals surface area (Å²) in [6.07, 6.45) is 0. The van der Waals surface area contributed by atoms with E-state index in [1.807, 2.05) is 27.7 Å². The second-order valence-corrected chi connectivity index (χ2v) is 12.2. The van der Waals surface area contributed by atoms with Gasteiger partial charge in [-0.1, -0.05) is 48.5 Å². The SMILES string of the molecule is Cc1nc(C)c2cc(C)n(CC(C)(C)C(C)(C)C(C)C(C)(C)CS(N)(=O)=O)c2n1. The highest BCUT2D eigenvalue weighted by Crippen LogP contribution is 2.52. The van der Waals surface area contributed by atoms with Gasteiger partial charge in [0, 0.05) is 17.6 Å².